The molecule has 4 nitrogen and oxygen atoms in total. The number of rotatable bonds is 6. The number of hydrogen-bond donors (Lipinski definition) is 1. The maximum atomic E-state index is 13.7. The number of carbonyl (C=O) groups is 1. The molecule has 2 heterocycles. The van der Waals surface area contributed by atoms with Crippen LogP contribution in [0.5, 0.6) is 0 Å². The van der Waals surface area contributed by atoms with E-state index in [0.29, 0.717) is 18.2 Å². The van der Waals surface area contributed by atoms with Gasteiger partial charge in [0.05, 0.1) is 5.60 Å². The van der Waals surface area contributed by atoms with Gasteiger partial charge in [0.15, 0.2) is 0 Å². The van der Waals surface area contributed by atoms with E-state index >= 15 is 0 Å². The Labute approximate surface area is 187 Å². The average Bonchev–Trinajstić information content (AvgIpc) is 2.78. The summed E-state index contributed by atoms with van der Waals surface area (Å²) >= 11 is 0. The molecule has 4 rings (SSSR count). The summed E-state index contributed by atoms with van der Waals surface area (Å²) in [4.78, 5) is 15.8. The summed E-state index contributed by atoms with van der Waals surface area (Å²) in [6.07, 6.45) is 3.50. The number of nitrogens with one attached hydrogen (secondary N) is 1. The van der Waals surface area contributed by atoms with E-state index in [-0.39, 0.29) is 17.6 Å². The summed E-state index contributed by atoms with van der Waals surface area (Å²) in [6.45, 7) is 7.65. The minimum absolute atomic E-state index is 0.121. The van der Waals surface area contributed by atoms with E-state index in [2.05, 4.69) is 78.7 Å². The normalized spacial score (nSPS) is 24.5. The van der Waals surface area contributed by atoms with E-state index in [1.807, 2.05) is 6.07 Å². The lowest BCUT2D eigenvalue weighted by atomic mass is 9.75. The summed E-state index contributed by atoms with van der Waals surface area (Å²) in [6, 6.07) is 21.4. The SMILES string of the molecule is CC1(C)CC(C(CC(=O)N2CCNC[C@H]2Cc2ccccc2)c2ccccc2)CCO1. The van der Waals surface area contributed by atoms with Gasteiger partial charge in [-0.05, 0) is 56.1 Å². The molecular weight excluding hydrogens is 384 g/mol. The number of amides is 1. The van der Waals surface area contributed by atoms with Gasteiger partial charge in [-0.3, -0.25) is 4.79 Å². The molecule has 0 aromatic heterocycles. The van der Waals surface area contributed by atoms with Gasteiger partial charge in [-0.1, -0.05) is 60.7 Å². The Morgan fingerprint density at radius 3 is 2.55 bits per heavy atom. The first-order chi connectivity index (χ1) is 15.0. The van der Waals surface area contributed by atoms with Crippen molar-refractivity contribution < 1.29 is 9.53 Å². The smallest absolute Gasteiger partial charge is 0.223 e. The zero-order valence-corrected chi connectivity index (χ0v) is 18.9. The summed E-state index contributed by atoms with van der Waals surface area (Å²) in [5.74, 6) is 0.996. The van der Waals surface area contributed by atoms with Crippen LogP contribution >= 0.6 is 0 Å². The molecular formula is C27H36N2O2. The predicted molar refractivity (Wildman–Crippen MR) is 125 cm³/mol. The third-order valence-corrected chi connectivity index (χ3v) is 6.91. The Morgan fingerprint density at radius 2 is 1.84 bits per heavy atom. The monoisotopic (exact) mass is 420 g/mol. The van der Waals surface area contributed by atoms with Crippen molar-refractivity contribution in [1.82, 2.24) is 10.2 Å². The van der Waals surface area contributed by atoms with Crippen LogP contribution in [0.4, 0.5) is 0 Å². The highest BCUT2D eigenvalue weighted by molar-refractivity contribution is 5.77. The van der Waals surface area contributed by atoms with E-state index in [9.17, 15) is 4.79 Å². The van der Waals surface area contributed by atoms with Crippen LogP contribution < -0.4 is 5.32 Å². The minimum atomic E-state index is -0.121. The van der Waals surface area contributed by atoms with Crippen LogP contribution in [0.25, 0.3) is 0 Å². The quantitative estimate of drug-likeness (QED) is 0.753. The van der Waals surface area contributed by atoms with Crippen molar-refractivity contribution in [3.63, 3.8) is 0 Å². The lowest BCUT2D eigenvalue weighted by Crippen LogP contribution is -2.54. The summed E-state index contributed by atoms with van der Waals surface area (Å²) in [5.41, 5.74) is 2.46. The van der Waals surface area contributed by atoms with Crippen LogP contribution in [0.15, 0.2) is 60.7 Å². The molecule has 3 atom stereocenters. The third-order valence-electron chi connectivity index (χ3n) is 6.91. The highest BCUT2D eigenvalue weighted by Gasteiger charge is 2.37. The number of benzene rings is 2. The van der Waals surface area contributed by atoms with Gasteiger partial charge in [-0.15, -0.1) is 0 Å². The zero-order valence-electron chi connectivity index (χ0n) is 18.9. The highest BCUT2D eigenvalue weighted by Crippen LogP contribution is 2.40. The minimum Gasteiger partial charge on any atom is -0.376 e. The number of carbonyl (C=O) groups excluding carboxylic acids is 1. The van der Waals surface area contributed by atoms with Crippen LogP contribution in [0.2, 0.25) is 0 Å². The molecule has 2 aliphatic heterocycles. The Kier molecular flexibility index (Phi) is 7.09. The molecule has 1 amide bonds. The van der Waals surface area contributed by atoms with E-state index < -0.39 is 0 Å². The summed E-state index contributed by atoms with van der Waals surface area (Å²) in [7, 11) is 0. The lowest BCUT2D eigenvalue weighted by Gasteiger charge is -2.41. The van der Waals surface area contributed by atoms with E-state index in [1.165, 1.54) is 11.1 Å². The van der Waals surface area contributed by atoms with Crippen LogP contribution in [0.1, 0.15) is 50.2 Å². The molecule has 1 N–H and O–H groups in total. The maximum absolute atomic E-state index is 13.7. The molecule has 2 aliphatic rings. The molecule has 0 bridgehead atoms. The van der Waals surface area contributed by atoms with Crippen molar-refractivity contribution in [3.05, 3.63) is 71.8 Å². The summed E-state index contributed by atoms with van der Waals surface area (Å²) < 4.78 is 5.98. The molecule has 0 radical (unpaired) electrons. The molecule has 2 aromatic carbocycles. The average molecular weight is 421 g/mol. The fourth-order valence-corrected chi connectivity index (χ4v) is 5.34. The number of hydrogen-bond acceptors (Lipinski definition) is 3. The topological polar surface area (TPSA) is 41.6 Å². The Balaban J connectivity index is 1.51. The van der Waals surface area contributed by atoms with Gasteiger partial charge in [0.2, 0.25) is 5.91 Å². The standard InChI is InChI=1S/C27H36N2O2/c1-27(2)19-23(13-16-31-27)25(22-11-7-4-8-12-22)18-26(30)29-15-14-28-20-24(29)17-21-9-5-3-6-10-21/h3-12,23-25,28H,13-20H2,1-2H3/t23?,24-,25?/m1/s1. The lowest BCUT2D eigenvalue weighted by molar-refractivity contribution is -0.136. The first-order valence-electron chi connectivity index (χ1n) is 11.7. The Bertz CT molecular complexity index is 837. The van der Waals surface area contributed by atoms with Gasteiger partial charge in [-0.2, -0.15) is 0 Å². The van der Waals surface area contributed by atoms with Crippen molar-refractivity contribution in [3.8, 4) is 0 Å². The first kappa shape index (κ1) is 22.0. The number of ether oxygens (including phenoxy) is 1. The van der Waals surface area contributed by atoms with Gasteiger partial charge in [-0.25, -0.2) is 0 Å². The second-order valence-electron chi connectivity index (χ2n) is 9.72. The Hall–Kier alpha value is -2.17. The molecule has 2 fully saturated rings. The van der Waals surface area contributed by atoms with Crippen molar-refractivity contribution in [2.75, 3.05) is 26.2 Å². The van der Waals surface area contributed by atoms with Crippen molar-refractivity contribution in [1.29, 1.82) is 0 Å². The molecule has 0 spiro atoms. The molecule has 166 valence electrons. The molecule has 2 unspecified atom stereocenters. The predicted octanol–water partition coefficient (Wildman–Crippen LogP) is 4.41. The first-order valence-corrected chi connectivity index (χ1v) is 11.7. The molecule has 31 heavy (non-hydrogen) atoms. The van der Waals surface area contributed by atoms with Gasteiger partial charge in [0.1, 0.15) is 0 Å². The Morgan fingerprint density at radius 1 is 1.13 bits per heavy atom. The van der Waals surface area contributed by atoms with Crippen LogP contribution in [0, 0.1) is 5.92 Å². The summed E-state index contributed by atoms with van der Waals surface area (Å²) in [5, 5.41) is 3.49. The van der Waals surface area contributed by atoms with Crippen molar-refractivity contribution >= 4 is 5.91 Å². The highest BCUT2D eigenvalue weighted by atomic mass is 16.5. The fourth-order valence-electron chi connectivity index (χ4n) is 5.34. The fraction of sp³-hybridized carbons (Fsp3) is 0.519. The van der Waals surface area contributed by atoms with Gasteiger partial charge in [0.25, 0.3) is 0 Å². The second kappa shape index (κ2) is 9.97. The molecule has 2 aromatic rings. The van der Waals surface area contributed by atoms with Crippen LogP contribution in [0.3, 0.4) is 0 Å². The van der Waals surface area contributed by atoms with Crippen LogP contribution in [-0.4, -0.2) is 48.7 Å². The van der Waals surface area contributed by atoms with Crippen LogP contribution in [-0.2, 0) is 16.0 Å². The molecule has 4 heteroatoms. The molecule has 0 aliphatic carbocycles. The number of piperazine rings is 1. The van der Waals surface area contributed by atoms with Gasteiger partial charge >= 0.3 is 0 Å². The van der Waals surface area contributed by atoms with Gasteiger partial charge in [0, 0.05) is 38.7 Å². The second-order valence-corrected chi connectivity index (χ2v) is 9.72. The molecule has 0 saturated carbocycles. The van der Waals surface area contributed by atoms with E-state index in [0.717, 1.165) is 45.5 Å². The van der Waals surface area contributed by atoms with E-state index in [4.69, 9.17) is 4.74 Å². The van der Waals surface area contributed by atoms with E-state index in [1.54, 1.807) is 0 Å². The van der Waals surface area contributed by atoms with Crippen molar-refractivity contribution in [2.24, 2.45) is 5.92 Å². The largest absolute Gasteiger partial charge is 0.376 e. The third kappa shape index (κ3) is 5.75. The van der Waals surface area contributed by atoms with Gasteiger partial charge < -0.3 is 15.0 Å². The number of nitrogens with zero attached hydrogens (tertiary/aromatic N) is 1. The maximum Gasteiger partial charge on any atom is 0.223 e. The zero-order chi connectivity index (χ0) is 21.7. The van der Waals surface area contributed by atoms with Crippen molar-refractivity contribution in [2.45, 2.75) is 57.1 Å². The molecule has 2 saturated heterocycles.